The van der Waals surface area contributed by atoms with Crippen molar-refractivity contribution in [3.63, 3.8) is 0 Å². The zero-order valence-electron chi connectivity index (χ0n) is 14.1. The Morgan fingerprint density at radius 2 is 2.19 bits per heavy atom. The highest BCUT2D eigenvalue weighted by atomic mass is 35.5. The first-order valence-corrected chi connectivity index (χ1v) is 9.85. The number of aromatic nitrogens is 4. The van der Waals surface area contributed by atoms with Crippen molar-refractivity contribution in [3.05, 3.63) is 45.9 Å². The van der Waals surface area contributed by atoms with E-state index in [-0.39, 0.29) is 17.6 Å². The van der Waals surface area contributed by atoms with Gasteiger partial charge in [0.25, 0.3) is 5.95 Å². The number of anilines is 2. The molecule has 3 rings (SSSR count). The maximum absolute atomic E-state index is 12.0. The molecule has 1 aromatic carbocycles. The number of aryl methyl sites for hydroxylation is 1. The van der Waals surface area contributed by atoms with Gasteiger partial charge >= 0.3 is 0 Å². The molecule has 0 atom stereocenters. The summed E-state index contributed by atoms with van der Waals surface area (Å²) >= 11 is 8.36. The number of rotatable bonds is 7. The van der Waals surface area contributed by atoms with Gasteiger partial charge in [-0.15, -0.1) is 21.5 Å². The van der Waals surface area contributed by atoms with E-state index < -0.39 is 0 Å². The fraction of sp³-hybridized carbons (Fsp3) is 0.133. The third-order valence-electron chi connectivity index (χ3n) is 3.11. The lowest BCUT2D eigenvalue weighted by atomic mass is 10.2. The van der Waals surface area contributed by atoms with Crippen LogP contribution in [0, 0.1) is 6.92 Å². The van der Waals surface area contributed by atoms with E-state index in [2.05, 4.69) is 31.0 Å². The van der Waals surface area contributed by atoms with Gasteiger partial charge in [-0.05, 0) is 24.6 Å². The van der Waals surface area contributed by atoms with Gasteiger partial charge in [0.2, 0.25) is 11.1 Å². The second-order valence-corrected chi connectivity index (χ2v) is 7.47. The molecule has 0 spiro atoms. The number of nitrogens with zero attached hydrogens (tertiary/aromatic N) is 5. The molecule has 2 heterocycles. The minimum absolute atomic E-state index is 0.127. The van der Waals surface area contributed by atoms with Crippen molar-refractivity contribution in [2.45, 2.75) is 12.1 Å². The molecule has 0 saturated carbocycles. The Hall–Kier alpha value is -2.63. The van der Waals surface area contributed by atoms with Gasteiger partial charge in [0, 0.05) is 10.4 Å². The lowest BCUT2D eigenvalue weighted by Crippen LogP contribution is -2.16. The van der Waals surface area contributed by atoms with E-state index >= 15 is 0 Å². The smallest absolute Gasteiger partial charge is 0.264 e. The van der Waals surface area contributed by atoms with E-state index in [4.69, 9.17) is 17.4 Å². The Labute approximate surface area is 168 Å². The molecule has 2 aromatic heterocycles. The third kappa shape index (κ3) is 5.42. The van der Waals surface area contributed by atoms with Crippen LogP contribution >= 0.6 is 34.7 Å². The van der Waals surface area contributed by atoms with Crippen molar-refractivity contribution in [3.8, 4) is 0 Å². The molecule has 0 saturated heterocycles. The van der Waals surface area contributed by atoms with Gasteiger partial charge in [-0.2, -0.15) is 5.10 Å². The predicted octanol–water partition coefficient (Wildman–Crippen LogP) is 2.59. The van der Waals surface area contributed by atoms with Crippen molar-refractivity contribution < 1.29 is 4.79 Å². The van der Waals surface area contributed by atoms with Gasteiger partial charge in [0.05, 0.1) is 17.7 Å². The maximum Gasteiger partial charge on any atom is 0.264 e. The van der Waals surface area contributed by atoms with Crippen molar-refractivity contribution >= 4 is 57.9 Å². The normalized spacial score (nSPS) is 11.0. The van der Waals surface area contributed by atoms with Crippen molar-refractivity contribution in [1.29, 1.82) is 0 Å². The van der Waals surface area contributed by atoms with Crippen LogP contribution in [0.15, 0.2) is 39.9 Å². The largest absolute Gasteiger partial charge is 0.334 e. The second-order valence-electron chi connectivity index (χ2n) is 5.23. The van der Waals surface area contributed by atoms with Crippen LogP contribution in [0.4, 0.5) is 11.1 Å². The van der Waals surface area contributed by atoms with E-state index in [1.54, 1.807) is 18.3 Å². The van der Waals surface area contributed by atoms with Gasteiger partial charge in [0.15, 0.2) is 5.13 Å². The Morgan fingerprint density at radius 3 is 2.89 bits per heavy atom. The summed E-state index contributed by atoms with van der Waals surface area (Å²) in [6.07, 6.45) is 1.60. The summed E-state index contributed by atoms with van der Waals surface area (Å²) in [6.45, 7) is 1.86. The molecule has 140 valence electrons. The van der Waals surface area contributed by atoms with Crippen LogP contribution < -0.4 is 16.6 Å². The van der Waals surface area contributed by atoms with Gasteiger partial charge in [-0.25, -0.2) is 15.1 Å². The van der Waals surface area contributed by atoms with Gasteiger partial charge in [-0.1, -0.05) is 35.5 Å². The molecule has 0 aliphatic carbocycles. The summed E-state index contributed by atoms with van der Waals surface area (Å²) in [7, 11) is 0. The number of carbonyl (C=O) groups is 1. The lowest BCUT2D eigenvalue weighted by molar-refractivity contribution is -0.113. The van der Waals surface area contributed by atoms with Crippen molar-refractivity contribution in [2.75, 3.05) is 22.3 Å². The number of hydrogen-bond donors (Lipinski definition) is 3. The number of hydrazone groups is 1. The highest BCUT2D eigenvalue weighted by Crippen LogP contribution is 2.18. The van der Waals surface area contributed by atoms with Crippen LogP contribution in [-0.2, 0) is 4.79 Å². The molecule has 0 unspecified atom stereocenters. The van der Waals surface area contributed by atoms with E-state index in [0.717, 1.165) is 23.0 Å². The molecular formula is C15H15ClN8OS2. The van der Waals surface area contributed by atoms with Crippen molar-refractivity contribution in [1.82, 2.24) is 19.9 Å². The summed E-state index contributed by atoms with van der Waals surface area (Å²) in [5.74, 6) is 6.09. The summed E-state index contributed by atoms with van der Waals surface area (Å²) in [5, 5.41) is 18.1. The van der Waals surface area contributed by atoms with Crippen molar-refractivity contribution in [2.24, 2.45) is 5.10 Å². The number of benzene rings is 1. The Kier molecular flexibility index (Phi) is 6.27. The molecule has 0 aliphatic heterocycles. The molecule has 0 aliphatic rings. The number of thiazole rings is 1. The Morgan fingerprint density at radius 1 is 1.41 bits per heavy atom. The van der Waals surface area contributed by atoms with Crippen LogP contribution in [0.25, 0.3) is 0 Å². The average Bonchev–Trinajstić information content (AvgIpc) is 3.21. The zero-order valence-corrected chi connectivity index (χ0v) is 16.5. The predicted molar refractivity (Wildman–Crippen MR) is 109 cm³/mol. The number of halogens is 1. The molecule has 27 heavy (non-hydrogen) atoms. The molecular weight excluding hydrogens is 408 g/mol. The first kappa shape index (κ1) is 19.1. The summed E-state index contributed by atoms with van der Waals surface area (Å²) in [4.78, 5) is 16.1. The fourth-order valence-electron chi connectivity index (χ4n) is 1.86. The molecule has 4 N–H and O–H groups in total. The number of nitrogens with one attached hydrogen (secondary N) is 2. The van der Waals surface area contributed by atoms with E-state index in [1.165, 1.54) is 16.0 Å². The number of carbonyl (C=O) groups excluding carboxylic acids is 1. The van der Waals surface area contributed by atoms with E-state index in [0.29, 0.717) is 15.3 Å². The summed E-state index contributed by atoms with van der Waals surface area (Å²) in [5.41, 5.74) is 4.43. The Bertz CT molecular complexity index is 953. The van der Waals surface area contributed by atoms with E-state index in [9.17, 15) is 4.79 Å². The standard InChI is InChI=1S/C15H15ClN8OS2/c1-9-7-26-14(19-9)20-12(25)8-27-15-23-22-13(24(15)17)21-18-6-10-2-4-11(16)5-3-10/h2-7H,8,17H2,1H3,(H,21,22)(H,19,20,25)/b18-6+. The van der Waals surface area contributed by atoms with Gasteiger partial charge in [0.1, 0.15) is 0 Å². The maximum atomic E-state index is 12.0. The summed E-state index contributed by atoms with van der Waals surface area (Å²) < 4.78 is 1.23. The van der Waals surface area contributed by atoms with Crippen LogP contribution in [0.2, 0.25) is 5.02 Å². The molecule has 3 aromatic rings. The molecule has 12 heteroatoms. The first-order chi connectivity index (χ1) is 13.0. The van der Waals surface area contributed by atoms with E-state index in [1.807, 2.05) is 24.4 Å². The molecule has 0 fully saturated rings. The number of nitrogens with two attached hydrogens (primary N) is 1. The SMILES string of the molecule is Cc1csc(NC(=O)CSc2nnc(N/N=C/c3ccc(Cl)cc3)n2N)n1. The lowest BCUT2D eigenvalue weighted by Gasteiger charge is -2.03. The molecule has 0 radical (unpaired) electrons. The van der Waals surface area contributed by atoms with Crippen LogP contribution in [0.5, 0.6) is 0 Å². The minimum Gasteiger partial charge on any atom is -0.334 e. The van der Waals surface area contributed by atoms with Gasteiger partial charge < -0.3 is 11.2 Å². The number of hydrogen-bond acceptors (Lipinski definition) is 9. The topological polar surface area (TPSA) is 123 Å². The zero-order chi connectivity index (χ0) is 19.2. The van der Waals surface area contributed by atoms with Crippen LogP contribution in [0.3, 0.4) is 0 Å². The first-order valence-electron chi connectivity index (χ1n) is 7.61. The monoisotopic (exact) mass is 422 g/mol. The number of nitrogen functional groups attached to an aromatic ring is 1. The highest BCUT2D eigenvalue weighted by Gasteiger charge is 2.12. The van der Waals surface area contributed by atoms with Gasteiger partial charge in [-0.3, -0.25) is 4.79 Å². The quantitative estimate of drug-likeness (QED) is 0.231. The number of thioether (sulfide) groups is 1. The van der Waals surface area contributed by atoms with Crippen LogP contribution in [-0.4, -0.2) is 37.7 Å². The Balaban J connectivity index is 1.52. The fourth-order valence-corrected chi connectivity index (χ4v) is 3.35. The van der Waals surface area contributed by atoms with Crippen LogP contribution in [0.1, 0.15) is 11.3 Å². The third-order valence-corrected chi connectivity index (χ3v) is 5.18. The average molecular weight is 423 g/mol. The minimum atomic E-state index is -0.201. The molecule has 1 amide bonds. The second kappa shape index (κ2) is 8.84. The summed E-state index contributed by atoms with van der Waals surface area (Å²) in [6, 6.07) is 7.18. The highest BCUT2D eigenvalue weighted by molar-refractivity contribution is 7.99. The molecule has 0 bridgehead atoms. The molecule has 9 nitrogen and oxygen atoms in total. The number of amides is 1.